The van der Waals surface area contributed by atoms with E-state index >= 15 is 0 Å². The highest BCUT2D eigenvalue weighted by Gasteiger charge is 2.27. The molecule has 0 aromatic carbocycles. The molecule has 102 valence electrons. The van der Waals surface area contributed by atoms with Crippen LogP contribution >= 0.6 is 0 Å². The van der Waals surface area contributed by atoms with Crippen molar-refractivity contribution < 1.29 is 0 Å². The lowest BCUT2D eigenvalue weighted by Gasteiger charge is -2.41. The zero-order valence-corrected chi connectivity index (χ0v) is 11.4. The van der Waals surface area contributed by atoms with E-state index < -0.39 is 0 Å². The van der Waals surface area contributed by atoms with Gasteiger partial charge in [-0.1, -0.05) is 0 Å². The summed E-state index contributed by atoms with van der Waals surface area (Å²) in [7, 11) is 0. The number of rotatable bonds is 2. The SMILES string of the molecule is CC(C)NN1CC2=C(CCN([O-])C2)c2cccnc21. The number of aromatic nitrogens is 1. The summed E-state index contributed by atoms with van der Waals surface area (Å²) < 4.78 is 0. The van der Waals surface area contributed by atoms with Gasteiger partial charge in [-0.05, 0) is 50.1 Å². The van der Waals surface area contributed by atoms with Gasteiger partial charge in [0.05, 0.1) is 6.54 Å². The zero-order chi connectivity index (χ0) is 13.4. The van der Waals surface area contributed by atoms with Crippen molar-refractivity contribution in [3.8, 4) is 0 Å². The topological polar surface area (TPSA) is 54.5 Å². The molecule has 5 heteroatoms. The summed E-state index contributed by atoms with van der Waals surface area (Å²) in [5.41, 5.74) is 7.11. The summed E-state index contributed by atoms with van der Waals surface area (Å²) in [6, 6.07) is 4.40. The van der Waals surface area contributed by atoms with Gasteiger partial charge in [0.15, 0.2) is 5.82 Å². The third-order valence-electron chi connectivity index (χ3n) is 3.54. The van der Waals surface area contributed by atoms with E-state index in [1.807, 2.05) is 12.3 Å². The van der Waals surface area contributed by atoms with Gasteiger partial charge in [0.1, 0.15) is 0 Å². The standard InChI is InChI=1S/C14H19N4O/c1-10(2)16-18-9-11-8-17(19)7-5-12(11)13-4-3-6-15-14(13)18/h3-4,6,10,16H,5,7-9H2,1-2H3/q-1. The molecule has 0 atom stereocenters. The van der Waals surface area contributed by atoms with Gasteiger partial charge in [-0.2, -0.15) is 0 Å². The molecule has 0 saturated heterocycles. The highest BCUT2D eigenvalue weighted by atomic mass is 16.5. The Kier molecular flexibility index (Phi) is 3.26. The first kappa shape index (κ1) is 12.6. The minimum absolute atomic E-state index is 0.337. The Hall–Kier alpha value is -1.43. The number of hydrogen-bond acceptors (Lipinski definition) is 5. The molecule has 0 aliphatic carbocycles. The fourth-order valence-electron chi connectivity index (χ4n) is 2.80. The molecule has 1 aromatic rings. The Bertz CT molecular complexity index is 512. The Balaban J connectivity index is 2.01. The van der Waals surface area contributed by atoms with Crippen LogP contribution in [-0.4, -0.2) is 35.7 Å². The molecule has 0 bridgehead atoms. The number of nitrogens with zero attached hydrogens (tertiary/aromatic N) is 3. The van der Waals surface area contributed by atoms with E-state index in [1.165, 1.54) is 16.7 Å². The molecule has 0 amide bonds. The van der Waals surface area contributed by atoms with Crippen molar-refractivity contribution in [2.75, 3.05) is 24.6 Å². The van der Waals surface area contributed by atoms with E-state index in [1.54, 1.807) is 0 Å². The fraction of sp³-hybridized carbons (Fsp3) is 0.500. The molecule has 3 heterocycles. The smallest absolute Gasteiger partial charge is 0.150 e. The lowest BCUT2D eigenvalue weighted by atomic mass is 9.91. The molecular formula is C14H19N4O-. The second-order valence-corrected chi connectivity index (χ2v) is 5.44. The molecule has 1 aromatic heterocycles. The van der Waals surface area contributed by atoms with E-state index in [-0.39, 0.29) is 0 Å². The average molecular weight is 259 g/mol. The molecule has 19 heavy (non-hydrogen) atoms. The third kappa shape index (κ3) is 2.36. The first-order valence-electron chi connectivity index (χ1n) is 6.77. The second-order valence-electron chi connectivity index (χ2n) is 5.44. The van der Waals surface area contributed by atoms with Gasteiger partial charge in [-0.25, -0.2) is 10.4 Å². The summed E-state index contributed by atoms with van der Waals surface area (Å²) in [4.78, 5) is 4.50. The van der Waals surface area contributed by atoms with Gasteiger partial charge in [-0.3, -0.25) is 5.01 Å². The minimum Gasteiger partial charge on any atom is -0.785 e. The van der Waals surface area contributed by atoms with Crippen LogP contribution < -0.4 is 10.4 Å². The van der Waals surface area contributed by atoms with Gasteiger partial charge in [0.25, 0.3) is 0 Å². The third-order valence-corrected chi connectivity index (χ3v) is 3.54. The van der Waals surface area contributed by atoms with E-state index in [4.69, 9.17) is 0 Å². The average Bonchev–Trinajstić information content (AvgIpc) is 2.38. The Morgan fingerprint density at radius 3 is 3.00 bits per heavy atom. The molecular weight excluding hydrogens is 240 g/mol. The van der Waals surface area contributed by atoms with E-state index in [0.717, 1.165) is 23.8 Å². The van der Waals surface area contributed by atoms with Crippen LogP contribution in [0.5, 0.6) is 0 Å². The maximum absolute atomic E-state index is 11.6. The molecule has 0 radical (unpaired) electrons. The van der Waals surface area contributed by atoms with Crippen molar-refractivity contribution in [1.29, 1.82) is 0 Å². The molecule has 0 spiro atoms. The van der Waals surface area contributed by atoms with Crippen LogP contribution in [0.2, 0.25) is 0 Å². The van der Waals surface area contributed by atoms with Crippen molar-refractivity contribution in [2.45, 2.75) is 26.3 Å². The highest BCUT2D eigenvalue weighted by molar-refractivity contribution is 5.81. The van der Waals surface area contributed by atoms with Crippen LogP contribution in [0.15, 0.2) is 23.9 Å². The minimum atomic E-state index is 0.337. The van der Waals surface area contributed by atoms with Crippen LogP contribution in [0.4, 0.5) is 5.82 Å². The molecule has 0 unspecified atom stereocenters. The van der Waals surface area contributed by atoms with E-state index in [9.17, 15) is 5.21 Å². The molecule has 5 nitrogen and oxygen atoms in total. The summed E-state index contributed by atoms with van der Waals surface area (Å²) in [5.74, 6) is 0.981. The number of hydrazine groups is 1. The van der Waals surface area contributed by atoms with Gasteiger partial charge in [0, 0.05) is 24.3 Å². The molecule has 0 saturated carbocycles. The van der Waals surface area contributed by atoms with Crippen molar-refractivity contribution >= 4 is 11.4 Å². The summed E-state index contributed by atoms with van der Waals surface area (Å²) in [6.07, 6.45) is 2.65. The van der Waals surface area contributed by atoms with Crippen molar-refractivity contribution in [3.05, 3.63) is 34.7 Å². The number of fused-ring (bicyclic) bond motifs is 2. The fourth-order valence-corrected chi connectivity index (χ4v) is 2.80. The van der Waals surface area contributed by atoms with E-state index in [2.05, 4.69) is 35.3 Å². The predicted octanol–water partition coefficient (Wildman–Crippen LogP) is 1.77. The normalized spacial score (nSPS) is 19.7. The van der Waals surface area contributed by atoms with Crippen LogP contribution in [0.25, 0.3) is 5.57 Å². The maximum Gasteiger partial charge on any atom is 0.150 e. The van der Waals surface area contributed by atoms with Gasteiger partial charge in [-0.15, -0.1) is 0 Å². The molecule has 0 fully saturated rings. The number of nitrogens with one attached hydrogen (secondary N) is 1. The van der Waals surface area contributed by atoms with Crippen LogP contribution in [0, 0.1) is 5.21 Å². The lowest BCUT2D eigenvalue weighted by Crippen LogP contribution is -2.48. The quantitative estimate of drug-likeness (QED) is 0.877. The Morgan fingerprint density at radius 1 is 1.37 bits per heavy atom. The molecule has 2 aliphatic heterocycles. The van der Waals surface area contributed by atoms with Crippen molar-refractivity contribution in [2.24, 2.45) is 0 Å². The first-order chi connectivity index (χ1) is 9.15. The number of hydroxylamine groups is 2. The molecule has 3 rings (SSSR count). The van der Waals surface area contributed by atoms with Gasteiger partial charge < -0.3 is 10.3 Å². The number of anilines is 1. The van der Waals surface area contributed by atoms with Crippen molar-refractivity contribution in [1.82, 2.24) is 15.5 Å². The first-order valence-corrected chi connectivity index (χ1v) is 6.77. The monoisotopic (exact) mass is 259 g/mol. The van der Waals surface area contributed by atoms with Crippen LogP contribution in [0.3, 0.4) is 0 Å². The molecule has 1 N–H and O–H groups in total. The summed E-state index contributed by atoms with van der Waals surface area (Å²) in [5, 5.41) is 14.8. The second kappa shape index (κ2) is 4.92. The van der Waals surface area contributed by atoms with Crippen LogP contribution in [0.1, 0.15) is 25.8 Å². The highest BCUT2D eigenvalue weighted by Crippen LogP contribution is 2.36. The van der Waals surface area contributed by atoms with E-state index in [0.29, 0.717) is 19.1 Å². The molecule has 2 aliphatic rings. The Labute approximate surface area is 113 Å². The Morgan fingerprint density at radius 2 is 2.21 bits per heavy atom. The number of hydrogen-bond donors (Lipinski definition) is 1. The van der Waals surface area contributed by atoms with Crippen LogP contribution in [-0.2, 0) is 0 Å². The zero-order valence-electron chi connectivity index (χ0n) is 11.4. The van der Waals surface area contributed by atoms with Gasteiger partial charge >= 0.3 is 0 Å². The number of pyridine rings is 1. The van der Waals surface area contributed by atoms with Gasteiger partial charge in [0.2, 0.25) is 0 Å². The summed E-state index contributed by atoms with van der Waals surface area (Å²) in [6.45, 7) is 6.06. The maximum atomic E-state index is 11.6. The lowest BCUT2D eigenvalue weighted by molar-refractivity contribution is 0.396. The van der Waals surface area contributed by atoms with Crippen molar-refractivity contribution in [3.63, 3.8) is 0 Å². The largest absolute Gasteiger partial charge is 0.785 e. The predicted molar refractivity (Wildman–Crippen MR) is 76.3 cm³/mol. The summed E-state index contributed by atoms with van der Waals surface area (Å²) >= 11 is 0.